The number of esters is 1. The number of hydrogen-bond donors (Lipinski definition) is 3. The molecule has 0 unspecified atom stereocenters. The first-order valence-corrected chi connectivity index (χ1v) is 10.3. The molecule has 1 fully saturated rings. The Morgan fingerprint density at radius 2 is 2.03 bits per heavy atom. The molecule has 5 atom stereocenters. The fourth-order valence-electron chi connectivity index (χ4n) is 2.77. The molecule has 1 aliphatic heterocycles. The lowest BCUT2D eigenvalue weighted by atomic mass is 10.1. The van der Waals surface area contributed by atoms with E-state index in [1.54, 1.807) is 39.8 Å². The number of amides is 1. The molecule has 2 heterocycles. The monoisotopic (exact) mass is 469 g/mol. The second-order valence-corrected chi connectivity index (χ2v) is 8.73. The summed E-state index contributed by atoms with van der Waals surface area (Å²) in [5.74, 6) is -0.633. The van der Waals surface area contributed by atoms with E-state index in [-0.39, 0.29) is 5.82 Å². The number of nitrogens with zero attached hydrogens (tertiary/aromatic N) is 4. The summed E-state index contributed by atoms with van der Waals surface area (Å²) in [6.07, 6.45) is -3.24. The summed E-state index contributed by atoms with van der Waals surface area (Å²) in [6, 6.07) is 0.419. The third-order valence-corrected chi connectivity index (χ3v) is 4.32. The number of rotatable bonds is 7. The fourth-order valence-corrected chi connectivity index (χ4v) is 2.77. The summed E-state index contributed by atoms with van der Waals surface area (Å²) in [4.78, 5) is 45.8. The molecule has 184 valence electrons. The fraction of sp³-hybridized carbons (Fsp3) is 0.650. The van der Waals surface area contributed by atoms with E-state index in [2.05, 4.69) is 15.3 Å². The number of nitrogens with one attached hydrogen (secondary N) is 1. The minimum Gasteiger partial charge on any atom is -0.461 e. The highest BCUT2D eigenvalue weighted by Gasteiger charge is 2.45. The van der Waals surface area contributed by atoms with Crippen molar-refractivity contribution in [1.29, 1.82) is 0 Å². The van der Waals surface area contributed by atoms with Crippen molar-refractivity contribution in [2.45, 2.75) is 63.9 Å². The van der Waals surface area contributed by atoms with Crippen molar-refractivity contribution in [2.24, 2.45) is 4.99 Å². The van der Waals surface area contributed by atoms with Gasteiger partial charge in [0.15, 0.2) is 12.0 Å². The Kier molecular flexibility index (Phi) is 8.52. The summed E-state index contributed by atoms with van der Waals surface area (Å²) in [7, 11) is 3.52. The van der Waals surface area contributed by atoms with Gasteiger partial charge in [0.2, 0.25) is 0 Å². The van der Waals surface area contributed by atoms with Gasteiger partial charge < -0.3 is 34.6 Å². The Morgan fingerprint density at radius 3 is 2.61 bits per heavy atom. The predicted octanol–water partition coefficient (Wildman–Crippen LogP) is -0.460. The van der Waals surface area contributed by atoms with Crippen LogP contribution in [0.25, 0.3) is 0 Å². The first kappa shape index (κ1) is 26.2. The Balaban J connectivity index is 1.97. The van der Waals surface area contributed by atoms with Crippen LogP contribution in [0.5, 0.6) is 0 Å². The zero-order valence-electron chi connectivity index (χ0n) is 19.5. The minimum atomic E-state index is -1.47. The van der Waals surface area contributed by atoms with Gasteiger partial charge in [0.25, 0.3) is 0 Å². The SMILES string of the molecule is C[C@H](NC(=O)OC(C)(C)C)C(=O)OC[C@H]1O[C@@H](n2ccc(N=CN(C)C)nc2=O)[C@H](O)[C@@H]1O. The van der Waals surface area contributed by atoms with E-state index in [0.29, 0.717) is 0 Å². The second kappa shape index (κ2) is 10.7. The maximum atomic E-state index is 12.3. The van der Waals surface area contributed by atoms with Gasteiger partial charge in [-0.2, -0.15) is 4.98 Å². The summed E-state index contributed by atoms with van der Waals surface area (Å²) >= 11 is 0. The molecule has 0 aromatic carbocycles. The molecule has 0 saturated carbocycles. The Labute approximate surface area is 191 Å². The van der Waals surface area contributed by atoms with Crippen molar-refractivity contribution in [2.75, 3.05) is 20.7 Å². The van der Waals surface area contributed by atoms with Crippen molar-refractivity contribution >= 4 is 24.2 Å². The van der Waals surface area contributed by atoms with E-state index in [9.17, 15) is 24.6 Å². The van der Waals surface area contributed by atoms with Gasteiger partial charge >= 0.3 is 17.8 Å². The number of aromatic nitrogens is 2. The molecular weight excluding hydrogens is 438 g/mol. The maximum absolute atomic E-state index is 12.3. The van der Waals surface area contributed by atoms with Crippen LogP contribution >= 0.6 is 0 Å². The Hall–Kier alpha value is -3.03. The second-order valence-electron chi connectivity index (χ2n) is 8.73. The van der Waals surface area contributed by atoms with Crippen LogP contribution in [0.15, 0.2) is 22.1 Å². The van der Waals surface area contributed by atoms with Gasteiger partial charge in [-0.1, -0.05) is 0 Å². The lowest BCUT2D eigenvalue weighted by molar-refractivity contribution is -0.152. The summed E-state index contributed by atoms with van der Waals surface area (Å²) in [5, 5.41) is 23.0. The van der Waals surface area contributed by atoms with Crippen molar-refractivity contribution in [3.8, 4) is 0 Å². The van der Waals surface area contributed by atoms with Crippen LogP contribution in [0.4, 0.5) is 10.6 Å². The number of ether oxygens (including phenoxy) is 3. The van der Waals surface area contributed by atoms with Crippen LogP contribution in [-0.2, 0) is 19.0 Å². The molecule has 1 aliphatic rings. The molecule has 0 spiro atoms. The molecule has 1 saturated heterocycles. The number of aliphatic hydroxyl groups is 2. The molecule has 2 rings (SSSR count). The predicted molar refractivity (Wildman–Crippen MR) is 116 cm³/mol. The molecule has 0 bridgehead atoms. The highest BCUT2D eigenvalue weighted by atomic mass is 16.6. The smallest absolute Gasteiger partial charge is 0.408 e. The topological polar surface area (TPSA) is 165 Å². The highest BCUT2D eigenvalue weighted by Crippen LogP contribution is 2.28. The van der Waals surface area contributed by atoms with Crippen molar-refractivity contribution < 1.29 is 34.0 Å². The average Bonchev–Trinajstić information content (AvgIpc) is 2.97. The zero-order valence-corrected chi connectivity index (χ0v) is 19.5. The van der Waals surface area contributed by atoms with E-state index in [4.69, 9.17) is 14.2 Å². The Bertz CT molecular complexity index is 926. The minimum absolute atomic E-state index is 0.162. The molecule has 1 aromatic heterocycles. The molecule has 0 radical (unpaired) electrons. The average molecular weight is 469 g/mol. The largest absolute Gasteiger partial charge is 0.461 e. The van der Waals surface area contributed by atoms with E-state index in [1.807, 2.05) is 0 Å². The summed E-state index contributed by atoms with van der Waals surface area (Å²) in [5.41, 5.74) is -1.47. The van der Waals surface area contributed by atoms with Crippen LogP contribution in [0, 0.1) is 0 Å². The lowest BCUT2D eigenvalue weighted by Gasteiger charge is -2.22. The van der Waals surface area contributed by atoms with E-state index < -0.39 is 60.5 Å². The van der Waals surface area contributed by atoms with E-state index in [0.717, 1.165) is 4.57 Å². The zero-order chi connectivity index (χ0) is 24.9. The van der Waals surface area contributed by atoms with Crippen molar-refractivity contribution in [3.05, 3.63) is 22.7 Å². The Morgan fingerprint density at radius 1 is 1.36 bits per heavy atom. The van der Waals surface area contributed by atoms with Crippen LogP contribution in [0.1, 0.15) is 33.9 Å². The number of aliphatic hydroxyl groups excluding tert-OH is 2. The van der Waals surface area contributed by atoms with Gasteiger partial charge in [-0.15, -0.1) is 0 Å². The van der Waals surface area contributed by atoms with E-state index in [1.165, 1.54) is 25.5 Å². The molecule has 13 heteroatoms. The number of aliphatic imine (C=N–C) groups is 1. The first-order chi connectivity index (χ1) is 15.3. The van der Waals surface area contributed by atoms with E-state index >= 15 is 0 Å². The van der Waals surface area contributed by atoms with Crippen LogP contribution in [0.2, 0.25) is 0 Å². The van der Waals surface area contributed by atoms with Crippen LogP contribution in [0.3, 0.4) is 0 Å². The number of alkyl carbamates (subject to hydrolysis) is 1. The van der Waals surface area contributed by atoms with Gasteiger partial charge in [-0.25, -0.2) is 19.4 Å². The summed E-state index contributed by atoms with van der Waals surface area (Å²) < 4.78 is 16.7. The van der Waals surface area contributed by atoms with Gasteiger partial charge in [-0.05, 0) is 33.8 Å². The third-order valence-electron chi connectivity index (χ3n) is 4.32. The van der Waals surface area contributed by atoms with Crippen LogP contribution < -0.4 is 11.0 Å². The maximum Gasteiger partial charge on any atom is 0.408 e. The molecule has 0 aliphatic carbocycles. The standard InChI is InChI=1S/C20H31N5O8/c1-11(22-19(30)33-20(2,3)4)17(28)31-9-12-14(26)15(27)16(32-12)25-8-7-13(23-18(25)29)21-10-24(5)6/h7-8,10-12,14-16,26-27H,9H2,1-6H3,(H,22,30)/t11-,12+,14+,15+,16+/m0/s1. The number of hydrogen-bond acceptors (Lipinski definition) is 10. The molecule has 13 nitrogen and oxygen atoms in total. The molecular formula is C20H31N5O8. The molecule has 1 aromatic rings. The third kappa shape index (κ3) is 7.51. The molecule has 33 heavy (non-hydrogen) atoms. The van der Waals surface area contributed by atoms with Crippen LogP contribution in [-0.4, -0.2) is 93.7 Å². The van der Waals surface area contributed by atoms with Gasteiger partial charge in [0, 0.05) is 20.3 Å². The van der Waals surface area contributed by atoms with Gasteiger partial charge in [-0.3, -0.25) is 4.57 Å². The normalized spacial score (nSPS) is 23.9. The first-order valence-electron chi connectivity index (χ1n) is 10.3. The molecule has 3 N–H and O–H groups in total. The van der Waals surface area contributed by atoms with Gasteiger partial charge in [0.1, 0.15) is 36.6 Å². The number of carbonyl (C=O) groups is 2. The van der Waals surface area contributed by atoms with Crippen molar-refractivity contribution in [1.82, 2.24) is 19.8 Å². The molecule has 1 amide bonds. The van der Waals surface area contributed by atoms with Gasteiger partial charge in [0.05, 0.1) is 6.34 Å². The summed E-state index contributed by atoms with van der Waals surface area (Å²) in [6.45, 7) is 6.03. The lowest BCUT2D eigenvalue weighted by Crippen LogP contribution is -2.43. The number of carbonyl (C=O) groups excluding carboxylic acids is 2. The van der Waals surface area contributed by atoms with Crippen molar-refractivity contribution in [3.63, 3.8) is 0 Å². The highest BCUT2D eigenvalue weighted by molar-refractivity contribution is 5.81. The quantitative estimate of drug-likeness (QED) is 0.270.